The second-order valence-electron chi connectivity index (χ2n) is 3.90. The van der Waals surface area contributed by atoms with Gasteiger partial charge in [0.25, 0.3) is 0 Å². The first-order valence-electron chi connectivity index (χ1n) is 4.32. The van der Waals surface area contributed by atoms with E-state index in [1.54, 1.807) is 7.11 Å². The predicted molar refractivity (Wildman–Crippen MR) is 50.6 cm³/mol. The molecule has 1 aliphatic heterocycles. The van der Waals surface area contributed by atoms with E-state index in [0.717, 1.165) is 12.4 Å². The normalized spacial score (nSPS) is 24.6. The third kappa shape index (κ3) is 1.61. The van der Waals surface area contributed by atoms with Gasteiger partial charge in [0.05, 0.1) is 6.04 Å². The maximum absolute atomic E-state index is 5.37. The lowest BCUT2D eigenvalue weighted by atomic mass is 10.1. The van der Waals surface area contributed by atoms with E-state index in [0.29, 0.717) is 6.04 Å². The first-order valence-corrected chi connectivity index (χ1v) is 4.32. The molecule has 3 heteroatoms. The highest BCUT2D eigenvalue weighted by Crippen LogP contribution is 2.18. The summed E-state index contributed by atoms with van der Waals surface area (Å²) >= 11 is 0. The fraction of sp³-hybridized carbons (Fsp3) is 0.889. The van der Waals surface area contributed by atoms with Crippen LogP contribution in [0.5, 0.6) is 0 Å². The molecule has 0 unspecified atom stereocenters. The van der Waals surface area contributed by atoms with Gasteiger partial charge in [-0.2, -0.15) is 0 Å². The van der Waals surface area contributed by atoms with Crippen molar-refractivity contribution in [2.45, 2.75) is 32.4 Å². The Hall–Kier alpha value is -0.570. The molecule has 1 aliphatic rings. The Morgan fingerprint density at radius 3 is 2.50 bits per heavy atom. The number of likely N-dealkylation sites (N-methyl/N-ethyl adjacent to an activating group) is 1. The summed E-state index contributed by atoms with van der Waals surface area (Å²) in [5, 5.41) is 0. The third-order valence-corrected chi connectivity index (χ3v) is 2.29. The number of hydrogen-bond acceptors (Lipinski definition) is 3. The summed E-state index contributed by atoms with van der Waals surface area (Å²) in [6.07, 6.45) is 0. The second kappa shape index (κ2) is 3.05. The molecule has 0 aromatic heterocycles. The third-order valence-electron chi connectivity index (χ3n) is 2.29. The van der Waals surface area contributed by atoms with Gasteiger partial charge in [-0.25, -0.2) is 0 Å². The molecule has 1 rings (SSSR count). The zero-order valence-corrected chi connectivity index (χ0v) is 8.59. The van der Waals surface area contributed by atoms with E-state index in [1.165, 1.54) is 0 Å². The van der Waals surface area contributed by atoms with Crippen LogP contribution in [0.15, 0.2) is 4.99 Å². The SMILES string of the molecule is COC(C)(C)C1=N[C@@H](C)CN1C. The van der Waals surface area contributed by atoms with Gasteiger partial charge in [-0.1, -0.05) is 0 Å². The number of hydrogen-bond donors (Lipinski definition) is 0. The van der Waals surface area contributed by atoms with Crippen molar-refractivity contribution >= 4 is 5.84 Å². The smallest absolute Gasteiger partial charge is 0.131 e. The Labute approximate surface area is 74.4 Å². The molecular formula is C9H18N2O. The molecule has 1 atom stereocenters. The van der Waals surface area contributed by atoms with Crippen LogP contribution in [0, 0.1) is 0 Å². The first kappa shape index (κ1) is 9.52. The van der Waals surface area contributed by atoms with Crippen molar-refractivity contribution in [1.82, 2.24) is 4.90 Å². The number of rotatable bonds is 2. The summed E-state index contributed by atoms with van der Waals surface area (Å²) in [5.74, 6) is 1.05. The van der Waals surface area contributed by atoms with Gasteiger partial charge >= 0.3 is 0 Å². The van der Waals surface area contributed by atoms with E-state index in [9.17, 15) is 0 Å². The summed E-state index contributed by atoms with van der Waals surface area (Å²) in [7, 11) is 3.78. The summed E-state index contributed by atoms with van der Waals surface area (Å²) < 4.78 is 5.37. The monoisotopic (exact) mass is 170 g/mol. The maximum atomic E-state index is 5.37. The predicted octanol–water partition coefficient (Wildman–Crippen LogP) is 1.14. The van der Waals surface area contributed by atoms with Gasteiger partial charge in [0, 0.05) is 20.7 Å². The molecule has 0 aromatic carbocycles. The molecule has 0 aliphatic carbocycles. The van der Waals surface area contributed by atoms with Crippen LogP contribution in [0.2, 0.25) is 0 Å². The zero-order chi connectivity index (χ0) is 9.35. The Bertz CT molecular complexity index is 199. The Balaban J connectivity index is 2.81. The lowest BCUT2D eigenvalue weighted by Gasteiger charge is -2.28. The molecule has 0 bridgehead atoms. The molecule has 0 aromatic rings. The van der Waals surface area contributed by atoms with Gasteiger partial charge in [-0.05, 0) is 20.8 Å². The van der Waals surface area contributed by atoms with Crippen molar-refractivity contribution in [2.75, 3.05) is 20.7 Å². The van der Waals surface area contributed by atoms with Crippen LogP contribution in [-0.4, -0.2) is 43.1 Å². The Morgan fingerprint density at radius 1 is 1.58 bits per heavy atom. The Morgan fingerprint density at radius 2 is 2.17 bits per heavy atom. The van der Waals surface area contributed by atoms with Crippen LogP contribution in [0.1, 0.15) is 20.8 Å². The molecule has 12 heavy (non-hydrogen) atoms. The van der Waals surface area contributed by atoms with E-state index in [2.05, 4.69) is 23.9 Å². The largest absolute Gasteiger partial charge is 0.371 e. The first-order chi connectivity index (χ1) is 5.47. The van der Waals surface area contributed by atoms with E-state index in [-0.39, 0.29) is 5.60 Å². The highest BCUT2D eigenvalue weighted by molar-refractivity contribution is 5.91. The second-order valence-corrected chi connectivity index (χ2v) is 3.90. The number of ether oxygens (including phenoxy) is 1. The lowest BCUT2D eigenvalue weighted by Crippen LogP contribution is -2.42. The van der Waals surface area contributed by atoms with Crippen molar-refractivity contribution < 1.29 is 4.74 Å². The molecule has 0 saturated carbocycles. The highest BCUT2D eigenvalue weighted by atomic mass is 16.5. The standard InChI is InChI=1S/C9H18N2O/c1-7-6-11(4)8(10-7)9(2,3)12-5/h7H,6H2,1-5H3/t7-/m0/s1. The van der Waals surface area contributed by atoms with E-state index in [4.69, 9.17) is 4.74 Å². The number of amidine groups is 1. The summed E-state index contributed by atoms with van der Waals surface area (Å²) in [5.41, 5.74) is -0.250. The average molecular weight is 170 g/mol. The van der Waals surface area contributed by atoms with Gasteiger partial charge in [-0.3, -0.25) is 4.99 Å². The van der Waals surface area contributed by atoms with Gasteiger partial charge < -0.3 is 9.64 Å². The average Bonchev–Trinajstić information content (AvgIpc) is 2.31. The molecule has 0 N–H and O–H groups in total. The zero-order valence-electron chi connectivity index (χ0n) is 8.59. The lowest BCUT2D eigenvalue weighted by molar-refractivity contribution is 0.0744. The van der Waals surface area contributed by atoms with Crippen LogP contribution < -0.4 is 0 Å². The Kier molecular flexibility index (Phi) is 2.42. The summed E-state index contributed by atoms with van der Waals surface area (Å²) in [6.45, 7) is 7.21. The minimum Gasteiger partial charge on any atom is -0.371 e. The number of aliphatic imine (C=N–C) groups is 1. The summed E-state index contributed by atoms with van der Waals surface area (Å²) in [6, 6.07) is 0.402. The minimum atomic E-state index is -0.250. The number of nitrogens with zero attached hydrogens (tertiary/aromatic N) is 2. The molecule has 0 amide bonds. The van der Waals surface area contributed by atoms with Gasteiger partial charge in [0.15, 0.2) is 0 Å². The molecule has 0 saturated heterocycles. The topological polar surface area (TPSA) is 24.8 Å². The maximum Gasteiger partial charge on any atom is 0.131 e. The number of methoxy groups -OCH3 is 1. The highest BCUT2D eigenvalue weighted by Gasteiger charge is 2.32. The molecule has 70 valence electrons. The fourth-order valence-corrected chi connectivity index (χ4v) is 1.54. The van der Waals surface area contributed by atoms with Crippen molar-refractivity contribution in [3.05, 3.63) is 0 Å². The van der Waals surface area contributed by atoms with E-state index in [1.807, 2.05) is 13.8 Å². The van der Waals surface area contributed by atoms with Crippen LogP contribution in [0.3, 0.4) is 0 Å². The van der Waals surface area contributed by atoms with Crippen molar-refractivity contribution in [3.8, 4) is 0 Å². The quantitative estimate of drug-likeness (QED) is 0.621. The minimum absolute atomic E-state index is 0.250. The summed E-state index contributed by atoms with van der Waals surface area (Å²) in [4.78, 5) is 6.69. The van der Waals surface area contributed by atoms with Gasteiger partial charge in [0.2, 0.25) is 0 Å². The van der Waals surface area contributed by atoms with Crippen molar-refractivity contribution in [2.24, 2.45) is 4.99 Å². The fourth-order valence-electron chi connectivity index (χ4n) is 1.54. The van der Waals surface area contributed by atoms with Crippen LogP contribution in [-0.2, 0) is 4.74 Å². The van der Waals surface area contributed by atoms with Gasteiger partial charge in [-0.15, -0.1) is 0 Å². The molecule has 0 spiro atoms. The van der Waals surface area contributed by atoms with Crippen molar-refractivity contribution in [3.63, 3.8) is 0 Å². The molecule has 0 radical (unpaired) electrons. The van der Waals surface area contributed by atoms with Crippen molar-refractivity contribution in [1.29, 1.82) is 0 Å². The van der Waals surface area contributed by atoms with Crippen LogP contribution in [0.4, 0.5) is 0 Å². The molecular weight excluding hydrogens is 152 g/mol. The van der Waals surface area contributed by atoms with Gasteiger partial charge in [0.1, 0.15) is 11.4 Å². The molecule has 3 nitrogen and oxygen atoms in total. The van der Waals surface area contributed by atoms with Crippen LogP contribution in [0.25, 0.3) is 0 Å². The van der Waals surface area contributed by atoms with Crippen LogP contribution >= 0.6 is 0 Å². The molecule has 1 heterocycles. The van der Waals surface area contributed by atoms with E-state index >= 15 is 0 Å². The molecule has 0 fully saturated rings. The van der Waals surface area contributed by atoms with E-state index < -0.39 is 0 Å².